The number of aromatic nitrogens is 2. The van der Waals surface area contributed by atoms with Crippen LogP contribution in [0.15, 0.2) is 18.2 Å². The van der Waals surface area contributed by atoms with Crippen LogP contribution >= 0.6 is 11.6 Å². The van der Waals surface area contributed by atoms with Crippen molar-refractivity contribution in [2.75, 3.05) is 12.4 Å². The molecule has 0 saturated carbocycles. The van der Waals surface area contributed by atoms with Gasteiger partial charge in [-0.15, -0.1) is 0 Å². The second-order valence-corrected chi connectivity index (χ2v) is 7.60. The molecule has 2 aromatic rings. The summed E-state index contributed by atoms with van der Waals surface area (Å²) in [5, 5.41) is 15.7. The fourth-order valence-electron chi connectivity index (χ4n) is 2.56. The number of hydrogen-bond donors (Lipinski definition) is 2. The van der Waals surface area contributed by atoms with E-state index < -0.39 is 23.7 Å². The lowest BCUT2D eigenvalue weighted by atomic mass is 10.0. The van der Waals surface area contributed by atoms with Crippen molar-refractivity contribution in [2.45, 2.75) is 45.5 Å². The fourth-order valence-corrected chi connectivity index (χ4v) is 2.86. The van der Waals surface area contributed by atoms with Crippen LogP contribution in [0.25, 0.3) is 11.3 Å². The Hall–Kier alpha value is -2.42. The van der Waals surface area contributed by atoms with E-state index in [1.807, 2.05) is 20.8 Å². The number of carboxylic acids is 1. The number of carboxylic acid groups (broad SMARTS) is 1. The summed E-state index contributed by atoms with van der Waals surface area (Å²) in [5.74, 6) is -1.06. The number of nitrogens with zero attached hydrogens (tertiary/aromatic N) is 2. The van der Waals surface area contributed by atoms with Gasteiger partial charge in [-0.1, -0.05) is 11.6 Å². The van der Waals surface area contributed by atoms with Gasteiger partial charge in [-0.05, 0) is 39.8 Å². The van der Waals surface area contributed by atoms with Crippen LogP contribution in [0.2, 0.25) is 5.02 Å². The fraction of sp³-hybridized carbons (Fsp3) is 0.444. The number of aromatic carboxylic acids is 1. The summed E-state index contributed by atoms with van der Waals surface area (Å²) in [5.41, 5.74) is -0.0193. The summed E-state index contributed by atoms with van der Waals surface area (Å²) in [6.45, 7) is 6.46. The van der Waals surface area contributed by atoms with Crippen molar-refractivity contribution in [3.8, 4) is 17.0 Å². The Bertz CT molecular complexity index is 889. The van der Waals surface area contributed by atoms with Crippen LogP contribution in [-0.2, 0) is 5.54 Å². The highest BCUT2D eigenvalue weighted by Crippen LogP contribution is 2.40. The van der Waals surface area contributed by atoms with Crippen LogP contribution in [0.5, 0.6) is 5.75 Å². The monoisotopic (exact) mass is 419 g/mol. The molecule has 10 heteroatoms. The summed E-state index contributed by atoms with van der Waals surface area (Å²) in [7, 11) is 1.36. The number of carbonyl (C=O) groups is 1. The van der Waals surface area contributed by atoms with Crippen LogP contribution in [0, 0.1) is 0 Å². The molecule has 1 heterocycles. The van der Waals surface area contributed by atoms with Gasteiger partial charge < -0.3 is 15.2 Å². The van der Waals surface area contributed by atoms with E-state index in [2.05, 4.69) is 10.4 Å². The SMILES string of the molecule is COc1cc(NC(C)C(F)(F)F)ccc1-c1c(Cl)c(C(=O)O)nn1C(C)(C)C. The number of benzene rings is 1. The van der Waals surface area contributed by atoms with E-state index in [0.29, 0.717) is 11.3 Å². The average molecular weight is 420 g/mol. The van der Waals surface area contributed by atoms with E-state index in [4.69, 9.17) is 16.3 Å². The molecule has 2 rings (SSSR count). The minimum Gasteiger partial charge on any atom is -0.496 e. The number of halogens is 4. The minimum atomic E-state index is -4.41. The highest BCUT2D eigenvalue weighted by molar-refractivity contribution is 6.35. The maximum atomic E-state index is 12.8. The summed E-state index contributed by atoms with van der Waals surface area (Å²) in [6.07, 6.45) is -4.41. The molecule has 0 amide bonds. The van der Waals surface area contributed by atoms with Gasteiger partial charge in [0, 0.05) is 17.3 Å². The molecule has 1 aromatic heterocycles. The molecule has 6 nitrogen and oxygen atoms in total. The third kappa shape index (κ3) is 4.35. The number of ether oxygens (including phenoxy) is 1. The number of alkyl halides is 3. The van der Waals surface area contributed by atoms with Gasteiger partial charge in [-0.25, -0.2) is 4.79 Å². The molecule has 0 saturated heterocycles. The van der Waals surface area contributed by atoms with Crippen molar-refractivity contribution in [1.82, 2.24) is 9.78 Å². The predicted octanol–water partition coefficient (Wildman–Crippen LogP) is 5.03. The van der Waals surface area contributed by atoms with Crippen LogP contribution < -0.4 is 10.1 Å². The molecular weight excluding hydrogens is 399 g/mol. The number of hydrogen-bond acceptors (Lipinski definition) is 4. The number of methoxy groups -OCH3 is 1. The van der Waals surface area contributed by atoms with Gasteiger partial charge in [0.05, 0.1) is 18.3 Å². The van der Waals surface area contributed by atoms with Crippen molar-refractivity contribution in [2.24, 2.45) is 0 Å². The van der Waals surface area contributed by atoms with E-state index in [-0.39, 0.29) is 22.2 Å². The molecule has 0 aliphatic carbocycles. The number of nitrogens with one attached hydrogen (secondary N) is 1. The molecule has 0 aliphatic heterocycles. The molecule has 0 spiro atoms. The van der Waals surface area contributed by atoms with E-state index >= 15 is 0 Å². The molecule has 154 valence electrons. The Morgan fingerprint density at radius 1 is 1.32 bits per heavy atom. The quantitative estimate of drug-likeness (QED) is 0.711. The third-order valence-electron chi connectivity index (χ3n) is 4.00. The summed E-state index contributed by atoms with van der Waals surface area (Å²) >= 11 is 6.29. The normalized spacial score (nSPS) is 13.3. The van der Waals surface area contributed by atoms with Gasteiger partial charge >= 0.3 is 12.1 Å². The Morgan fingerprint density at radius 2 is 1.93 bits per heavy atom. The molecule has 2 N–H and O–H groups in total. The first-order valence-electron chi connectivity index (χ1n) is 8.31. The van der Waals surface area contributed by atoms with Crippen LogP contribution in [0.3, 0.4) is 0 Å². The maximum Gasteiger partial charge on any atom is 0.408 e. The highest BCUT2D eigenvalue weighted by Gasteiger charge is 2.36. The number of anilines is 1. The van der Waals surface area contributed by atoms with E-state index in [1.165, 1.54) is 30.0 Å². The van der Waals surface area contributed by atoms with Gasteiger partial charge in [0.1, 0.15) is 16.8 Å². The van der Waals surface area contributed by atoms with Crippen molar-refractivity contribution >= 4 is 23.3 Å². The topological polar surface area (TPSA) is 76.4 Å². The molecule has 0 aliphatic rings. The maximum absolute atomic E-state index is 12.8. The molecular formula is C18H21ClF3N3O3. The van der Waals surface area contributed by atoms with Crippen molar-refractivity contribution in [1.29, 1.82) is 0 Å². The Labute approximate surface area is 165 Å². The van der Waals surface area contributed by atoms with Crippen molar-refractivity contribution in [3.63, 3.8) is 0 Å². The first-order valence-corrected chi connectivity index (χ1v) is 8.69. The van der Waals surface area contributed by atoms with Gasteiger partial charge in [0.15, 0.2) is 5.69 Å². The zero-order chi connectivity index (χ0) is 21.4. The van der Waals surface area contributed by atoms with Crippen molar-refractivity contribution < 1.29 is 27.8 Å². The van der Waals surface area contributed by atoms with Gasteiger partial charge in [-0.3, -0.25) is 4.68 Å². The molecule has 1 atom stereocenters. The lowest BCUT2D eigenvalue weighted by Gasteiger charge is -2.24. The molecule has 1 aromatic carbocycles. The zero-order valence-corrected chi connectivity index (χ0v) is 16.7. The lowest BCUT2D eigenvalue weighted by Crippen LogP contribution is -2.33. The van der Waals surface area contributed by atoms with E-state index in [0.717, 1.165) is 6.92 Å². The number of rotatable bonds is 5. The second kappa shape index (κ2) is 7.54. The van der Waals surface area contributed by atoms with Gasteiger partial charge in [-0.2, -0.15) is 18.3 Å². The van der Waals surface area contributed by atoms with Crippen molar-refractivity contribution in [3.05, 3.63) is 28.9 Å². The lowest BCUT2D eigenvalue weighted by molar-refractivity contribution is -0.138. The predicted molar refractivity (Wildman–Crippen MR) is 100 cm³/mol. The van der Waals surface area contributed by atoms with Crippen LogP contribution in [0.1, 0.15) is 38.2 Å². The smallest absolute Gasteiger partial charge is 0.408 e. The van der Waals surface area contributed by atoms with E-state index in [1.54, 1.807) is 0 Å². The summed E-state index contributed by atoms with van der Waals surface area (Å²) < 4.78 is 45.2. The standard InChI is InChI=1S/C18H21ClF3N3O3/c1-9(18(20,21)22)23-10-6-7-11(12(8-10)28-5)15-13(19)14(16(26)27)24-25(15)17(2,3)4/h6-9,23H,1-5H3,(H,26,27). The molecule has 0 fully saturated rings. The summed E-state index contributed by atoms with van der Waals surface area (Å²) in [4.78, 5) is 11.5. The minimum absolute atomic E-state index is 0.0786. The molecule has 1 unspecified atom stereocenters. The Balaban J connectivity index is 2.61. The Morgan fingerprint density at radius 3 is 2.39 bits per heavy atom. The highest BCUT2D eigenvalue weighted by atomic mass is 35.5. The first kappa shape index (κ1) is 21.9. The first-order chi connectivity index (χ1) is 12.8. The Kier molecular flexibility index (Phi) is 5.89. The second-order valence-electron chi connectivity index (χ2n) is 7.22. The van der Waals surface area contributed by atoms with Gasteiger partial charge in [0.2, 0.25) is 0 Å². The zero-order valence-electron chi connectivity index (χ0n) is 16.0. The largest absolute Gasteiger partial charge is 0.496 e. The third-order valence-corrected chi connectivity index (χ3v) is 4.35. The van der Waals surface area contributed by atoms with E-state index in [9.17, 15) is 23.1 Å². The summed E-state index contributed by atoms with van der Waals surface area (Å²) in [6, 6.07) is 2.59. The van der Waals surface area contributed by atoms with Crippen LogP contribution in [0.4, 0.5) is 18.9 Å². The molecule has 28 heavy (non-hydrogen) atoms. The average Bonchev–Trinajstić information content (AvgIpc) is 2.91. The van der Waals surface area contributed by atoms with Crippen LogP contribution in [-0.4, -0.2) is 40.2 Å². The molecule has 0 radical (unpaired) electrons. The van der Waals surface area contributed by atoms with Gasteiger partial charge in [0.25, 0.3) is 0 Å². The molecule has 0 bridgehead atoms.